The topological polar surface area (TPSA) is 454 Å². The maximum Gasteiger partial charge on any atom is 0.217 e. The lowest BCUT2D eigenvalue weighted by atomic mass is 9.94. The lowest BCUT2D eigenvalue weighted by Crippen LogP contribution is -2.70. The summed E-state index contributed by atoms with van der Waals surface area (Å²) in [4.78, 5) is 36.4. The van der Waals surface area contributed by atoms with Crippen molar-refractivity contribution < 1.29 is 129 Å². The fourth-order valence-electron chi connectivity index (χ4n) is 8.13. The Bertz CT molecular complexity index is 1560. The average molecular weight is 952 g/mol. The molecule has 65 heavy (non-hydrogen) atoms. The molecule has 5 fully saturated rings. The molecule has 0 saturated carbocycles. The van der Waals surface area contributed by atoms with Crippen LogP contribution in [0.3, 0.4) is 0 Å². The summed E-state index contributed by atoms with van der Waals surface area (Å²) in [5.74, 6) is -2.21. The zero-order valence-electron chi connectivity index (χ0n) is 35.1. The Labute approximate surface area is 369 Å². The molecule has 0 bridgehead atoms. The van der Waals surface area contributed by atoms with Crippen LogP contribution in [0.5, 0.6) is 0 Å². The molecule has 5 heterocycles. The van der Waals surface area contributed by atoms with Crippen molar-refractivity contribution in [2.45, 2.75) is 174 Å². The first-order chi connectivity index (χ1) is 30.7. The molecule has 25 atom stereocenters. The van der Waals surface area contributed by atoms with Crippen molar-refractivity contribution in [2.75, 3.05) is 33.0 Å². The minimum Gasteiger partial charge on any atom is -0.394 e. The molecule has 0 aromatic carbocycles. The van der Waals surface area contributed by atoms with Gasteiger partial charge < -0.3 is 130 Å². The van der Waals surface area contributed by atoms with Crippen molar-refractivity contribution in [1.29, 1.82) is 0 Å². The van der Waals surface area contributed by atoms with Crippen molar-refractivity contribution in [3.63, 3.8) is 0 Å². The molecule has 0 aromatic rings. The van der Waals surface area contributed by atoms with Crippen LogP contribution in [-0.2, 0) is 57.0 Å². The predicted molar refractivity (Wildman–Crippen MR) is 201 cm³/mol. The third-order valence-electron chi connectivity index (χ3n) is 11.5. The number of carbonyl (C=O) groups is 3. The van der Waals surface area contributed by atoms with Gasteiger partial charge in [0.1, 0.15) is 122 Å². The van der Waals surface area contributed by atoms with Crippen molar-refractivity contribution in [1.82, 2.24) is 16.0 Å². The van der Waals surface area contributed by atoms with Crippen LogP contribution in [0.1, 0.15) is 20.8 Å². The number of carbonyl (C=O) groups excluding carboxylic acids is 3. The highest BCUT2D eigenvalue weighted by atomic mass is 16.8. The molecule has 29 nitrogen and oxygen atoms in total. The summed E-state index contributed by atoms with van der Waals surface area (Å²) in [6, 6.07) is -4.68. The molecule has 376 valence electrons. The second kappa shape index (κ2) is 23.2. The van der Waals surface area contributed by atoms with Crippen molar-refractivity contribution in [2.24, 2.45) is 0 Å². The molecule has 3 amide bonds. The average Bonchev–Trinajstić information content (AvgIpc) is 3.25. The molecule has 0 aliphatic carbocycles. The van der Waals surface area contributed by atoms with Gasteiger partial charge >= 0.3 is 0 Å². The third-order valence-corrected chi connectivity index (χ3v) is 11.5. The van der Waals surface area contributed by atoms with Crippen LogP contribution in [0, 0.1) is 0 Å². The Kier molecular flexibility index (Phi) is 19.1. The Morgan fingerprint density at radius 3 is 1.38 bits per heavy atom. The summed E-state index contributed by atoms with van der Waals surface area (Å²) in [5, 5.41) is 156. The van der Waals surface area contributed by atoms with Gasteiger partial charge in [-0.1, -0.05) is 0 Å². The molecule has 0 spiro atoms. The van der Waals surface area contributed by atoms with Crippen LogP contribution in [-0.4, -0.2) is 276 Å². The minimum atomic E-state index is -2.15. The normalized spacial score (nSPS) is 47.1. The molecule has 1 unspecified atom stereocenters. The summed E-state index contributed by atoms with van der Waals surface area (Å²) in [5.41, 5.74) is 0. The molecule has 5 aliphatic rings. The number of hydrogen-bond donors (Lipinski definition) is 17. The standard InChI is InChI=1S/C36H61N3O26/c1-9(44)37-17-24(51)21(48)16(58-32(17)56)8-57-33-18(38-10(2)45)25(52)29(15(7-43)62-33)63-36-28(55)31(23(50)14(6-42)61-36)65-34-19(39-11(3)46)30(22(49)13(5-41)59-34)64-35-27(54)26(53)20(47)12(4-40)60-35/h12-36,40-43,47-56H,4-8H2,1-3H3,(H,37,44)(H,38,45)(H,39,46)/t12-,13-,14-,15-,16-,17-,18-,19-,20+,21+,22-,23+,24-,25-,26+,27-,28-,29-,30-,31+,32?,33-,34+,35+,36+/m1/s1. The highest BCUT2D eigenvalue weighted by Gasteiger charge is 2.56. The van der Waals surface area contributed by atoms with E-state index in [4.69, 9.17) is 42.6 Å². The first-order valence-electron chi connectivity index (χ1n) is 20.6. The number of hydrogen-bond acceptors (Lipinski definition) is 26. The monoisotopic (exact) mass is 951 g/mol. The van der Waals surface area contributed by atoms with Gasteiger partial charge in [0, 0.05) is 20.8 Å². The van der Waals surface area contributed by atoms with Gasteiger partial charge in [0.25, 0.3) is 0 Å². The van der Waals surface area contributed by atoms with E-state index in [1.807, 2.05) is 0 Å². The summed E-state index contributed by atoms with van der Waals surface area (Å²) < 4.78 is 51.3. The predicted octanol–water partition coefficient (Wildman–Crippen LogP) is -11.5. The zero-order chi connectivity index (χ0) is 48.2. The van der Waals surface area contributed by atoms with E-state index in [0.717, 1.165) is 20.8 Å². The van der Waals surface area contributed by atoms with Gasteiger partial charge in [0.05, 0.1) is 33.0 Å². The van der Waals surface area contributed by atoms with E-state index in [0.29, 0.717) is 0 Å². The van der Waals surface area contributed by atoms with Crippen LogP contribution >= 0.6 is 0 Å². The Balaban J connectivity index is 1.35. The SMILES string of the molecule is CC(=O)N[C@H]1[C@H](OC[C@H]2OC(O)[C@H](NC(C)=O)[C@@H](O)[C@H]2O)O[C@H](CO)[C@@H](O[C@@H]2O[C@H](CO)[C@H](O)[C@H](O[C@@H]3O[C@H](CO)[C@@H](O)[C@H](O[C@@H]4O[C@H](CO)[C@H](O)[C@H](O)[C@H]4O)[C@H]3NC(C)=O)[C@H]2O)[C@@H]1O. The molecule has 5 rings (SSSR count). The molecule has 5 aliphatic heterocycles. The fraction of sp³-hybridized carbons (Fsp3) is 0.917. The Hall–Kier alpha value is -2.51. The first-order valence-corrected chi connectivity index (χ1v) is 20.6. The van der Waals surface area contributed by atoms with E-state index in [9.17, 15) is 85.9 Å². The number of aliphatic hydroxyl groups excluding tert-OH is 14. The van der Waals surface area contributed by atoms with Crippen LogP contribution in [0.2, 0.25) is 0 Å². The van der Waals surface area contributed by atoms with E-state index < -0.39 is 204 Å². The van der Waals surface area contributed by atoms with Crippen LogP contribution in [0.25, 0.3) is 0 Å². The zero-order valence-corrected chi connectivity index (χ0v) is 35.1. The van der Waals surface area contributed by atoms with E-state index in [1.54, 1.807) is 0 Å². The molecule has 29 heteroatoms. The highest BCUT2D eigenvalue weighted by Crippen LogP contribution is 2.35. The lowest BCUT2D eigenvalue weighted by molar-refractivity contribution is -0.377. The molecule has 5 saturated heterocycles. The second-order valence-corrected chi connectivity index (χ2v) is 16.2. The largest absolute Gasteiger partial charge is 0.394 e. The number of ether oxygens (including phenoxy) is 9. The lowest BCUT2D eigenvalue weighted by Gasteiger charge is -2.50. The molecular formula is C36H61N3O26. The minimum absolute atomic E-state index is 0.646. The maximum atomic E-state index is 12.5. The van der Waals surface area contributed by atoms with Gasteiger partial charge in [0.15, 0.2) is 31.5 Å². The van der Waals surface area contributed by atoms with Crippen molar-refractivity contribution >= 4 is 17.7 Å². The summed E-state index contributed by atoms with van der Waals surface area (Å²) in [7, 11) is 0. The van der Waals surface area contributed by atoms with Crippen LogP contribution < -0.4 is 16.0 Å². The van der Waals surface area contributed by atoms with Gasteiger partial charge in [-0.3, -0.25) is 14.4 Å². The van der Waals surface area contributed by atoms with E-state index in [2.05, 4.69) is 16.0 Å². The summed E-state index contributed by atoms with van der Waals surface area (Å²) in [6.45, 7) is -1.22. The van der Waals surface area contributed by atoms with E-state index >= 15 is 0 Å². The maximum absolute atomic E-state index is 12.5. The fourth-order valence-corrected chi connectivity index (χ4v) is 8.13. The quantitative estimate of drug-likeness (QED) is 0.0683. The van der Waals surface area contributed by atoms with Gasteiger partial charge in [-0.05, 0) is 0 Å². The van der Waals surface area contributed by atoms with Gasteiger partial charge in [-0.15, -0.1) is 0 Å². The van der Waals surface area contributed by atoms with Gasteiger partial charge in [0.2, 0.25) is 17.7 Å². The number of aliphatic hydroxyl groups is 14. The molecule has 0 aromatic heterocycles. The second-order valence-electron chi connectivity index (χ2n) is 16.2. The number of rotatable bonds is 16. The first kappa shape index (κ1) is 53.4. The van der Waals surface area contributed by atoms with Crippen molar-refractivity contribution in [3.05, 3.63) is 0 Å². The summed E-state index contributed by atoms with van der Waals surface area (Å²) in [6.07, 6.45) is -39.8. The van der Waals surface area contributed by atoms with Gasteiger partial charge in [-0.2, -0.15) is 0 Å². The number of nitrogens with one attached hydrogen (secondary N) is 3. The summed E-state index contributed by atoms with van der Waals surface area (Å²) >= 11 is 0. The Morgan fingerprint density at radius 1 is 0.400 bits per heavy atom. The smallest absolute Gasteiger partial charge is 0.217 e. The van der Waals surface area contributed by atoms with Crippen molar-refractivity contribution in [3.8, 4) is 0 Å². The third kappa shape index (κ3) is 12.0. The molecular weight excluding hydrogens is 890 g/mol. The highest BCUT2D eigenvalue weighted by molar-refractivity contribution is 5.74. The van der Waals surface area contributed by atoms with E-state index in [1.165, 1.54) is 0 Å². The number of amides is 3. The van der Waals surface area contributed by atoms with Gasteiger partial charge in [-0.25, -0.2) is 0 Å². The molecule has 0 radical (unpaired) electrons. The van der Waals surface area contributed by atoms with Crippen LogP contribution in [0.4, 0.5) is 0 Å². The van der Waals surface area contributed by atoms with Crippen LogP contribution in [0.15, 0.2) is 0 Å². The molecule has 17 N–H and O–H groups in total. The Morgan fingerprint density at radius 2 is 0.831 bits per heavy atom. The van der Waals surface area contributed by atoms with E-state index in [-0.39, 0.29) is 0 Å².